The number of rotatable bonds is 6. The number of nitrogens with zero attached hydrogens (tertiary/aromatic N) is 1. The summed E-state index contributed by atoms with van der Waals surface area (Å²) in [6.45, 7) is 5.07. The number of hydrogen-bond acceptors (Lipinski definition) is 5. The first-order chi connectivity index (χ1) is 11.5. The summed E-state index contributed by atoms with van der Waals surface area (Å²) in [6, 6.07) is 13.8. The smallest absolute Gasteiger partial charge is 0.181 e. The van der Waals surface area contributed by atoms with E-state index in [4.69, 9.17) is 14.0 Å². The zero-order chi connectivity index (χ0) is 17.2. The van der Waals surface area contributed by atoms with Crippen molar-refractivity contribution in [1.82, 2.24) is 5.16 Å². The normalized spacial score (nSPS) is 11.5. The molecule has 0 aliphatic heterocycles. The second-order valence-electron chi connectivity index (χ2n) is 6.33. The molecule has 0 aliphatic rings. The molecule has 0 saturated heterocycles. The lowest BCUT2D eigenvalue weighted by molar-refractivity contribution is 0.414. The maximum atomic E-state index is 5.41. The molecule has 0 atom stereocenters. The number of fused-ring (bicyclic) bond motifs is 1. The van der Waals surface area contributed by atoms with Gasteiger partial charge in [0.25, 0.3) is 0 Å². The molecule has 0 radical (unpaired) electrons. The Bertz CT molecular complexity index is 822. The highest BCUT2D eigenvalue weighted by Gasteiger charge is 2.22. The molecule has 5 heteroatoms. The first-order valence-corrected chi connectivity index (χ1v) is 7.86. The zero-order valence-corrected chi connectivity index (χ0v) is 14.4. The molecule has 24 heavy (non-hydrogen) atoms. The fraction of sp³-hybridized carbons (Fsp3) is 0.316. The van der Waals surface area contributed by atoms with Crippen LogP contribution in [-0.4, -0.2) is 25.9 Å². The van der Waals surface area contributed by atoms with Crippen molar-refractivity contribution in [1.29, 1.82) is 0 Å². The Balaban J connectivity index is 1.81. The lowest BCUT2D eigenvalue weighted by Gasteiger charge is -2.25. The fourth-order valence-corrected chi connectivity index (χ4v) is 2.70. The van der Waals surface area contributed by atoms with Gasteiger partial charge in [0.2, 0.25) is 0 Å². The SMILES string of the molecule is COc1ccc(C(C)(C)CNc2noc3cccc(OC)c23)cc1. The predicted molar refractivity (Wildman–Crippen MR) is 95.1 cm³/mol. The molecular formula is C19H22N2O3. The molecule has 0 fully saturated rings. The number of aromatic nitrogens is 1. The Morgan fingerprint density at radius 1 is 1.04 bits per heavy atom. The average molecular weight is 326 g/mol. The van der Waals surface area contributed by atoms with Gasteiger partial charge in [-0.25, -0.2) is 0 Å². The highest BCUT2D eigenvalue weighted by molar-refractivity contribution is 5.93. The van der Waals surface area contributed by atoms with Crippen LogP contribution in [0.2, 0.25) is 0 Å². The maximum Gasteiger partial charge on any atom is 0.181 e. The summed E-state index contributed by atoms with van der Waals surface area (Å²) in [5.74, 6) is 2.30. The molecule has 0 aliphatic carbocycles. The number of methoxy groups -OCH3 is 2. The average Bonchev–Trinajstić information content (AvgIpc) is 3.03. The van der Waals surface area contributed by atoms with Crippen LogP contribution >= 0.6 is 0 Å². The van der Waals surface area contributed by atoms with Crippen LogP contribution in [0.5, 0.6) is 11.5 Å². The van der Waals surface area contributed by atoms with Gasteiger partial charge in [0.15, 0.2) is 11.4 Å². The lowest BCUT2D eigenvalue weighted by atomic mass is 9.84. The molecule has 0 spiro atoms. The van der Waals surface area contributed by atoms with Crippen LogP contribution in [0.25, 0.3) is 11.0 Å². The minimum absolute atomic E-state index is 0.0838. The van der Waals surface area contributed by atoms with Gasteiger partial charge in [0.1, 0.15) is 16.9 Å². The van der Waals surface area contributed by atoms with Crippen LogP contribution in [0.3, 0.4) is 0 Å². The molecule has 0 amide bonds. The van der Waals surface area contributed by atoms with Gasteiger partial charge in [-0.15, -0.1) is 0 Å². The van der Waals surface area contributed by atoms with Crippen molar-refractivity contribution in [3.05, 3.63) is 48.0 Å². The molecule has 126 valence electrons. The van der Waals surface area contributed by atoms with Gasteiger partial charge in [-0.1, -0.05) is 37.2 Å². The van der Waals surface area contributed by atoms with Crippen LogP contribution in [0.4, 0.5) is 5.82 Å². The van der Waals surface area contributed by atoms with E-state index in [2.05, 4.69) is 36.5 Å². The Kier molecular flexibility index (Phi) is 4.34. The van der Waals surface area contributed by atoms with Crippen LogP contribution in [0.15, 0.2) is 47.0 Å². The first kappa shape index (κ1) is 16.2. The second kappa shape index (κ2) is 6.43. The van der Waals surface area contributed by atoms with Crippen LogP contribution in [0.1, 0.15) is 19.4 Å². The van der Waals surface area contributed by atoms with E-state index in [1.807, 2.05) is 30.3 Å². The number of anilines is 1. The Labute approximate surface area is 141 Å². The van der Waals surface area contributed by atoms with Gasteiger partial charge in [0, 0.05) is 12.0 Å². The third kappa shape index (κ3) is 3.02. The van der Waals surface area contributed by atoms with E-state index in [1.165, 1.54) is 5.56 Å². The van der Waals surface area contributed by atoms with Crippen molar-refractivity contribution in [2.45, 2.75) is 19.3 Å². The van der Waals surface area contributed by atoms with E-state index in [9.17, 15) is 0 Å². The number of ether oxygens (including phenoxy) is 2. The third-order valence-electron chi connectivity index (χ3n) is 4.25. The molecule has 0 bridgehead atoms. The van der Waals surface area contributed by atoms with E-state index in [0.717, 1.165) is 16.9 Å². The topological polar surface area (TPSA) is 56.5 Å². The summed E-state index contributed by atoms with van der Waals surface area (Å²) in [5, 5.41) is 8.40. The van der Waals surface area contributed by atoms with Gasteiger partial charge in [0.05, 0.1) is 14.2 Å². The maximum absolute atomic E-state index is 5.41. The van der Waals surface area contributed by atoms with Gasteiger partial charge >= 0.3 is 0 Å². The Morgan fingerprint density at radius 3 is 2.46 bits per heavy atom. The third-order valence-corrected chi connectivity index (χ3v) is 4.25. The monoisotopic (exact) mass is 326 g/mol. The Morgan fingerprint density at radius 2 is 1.79 bits per heavy atom. The first-order valence-electron chi connectivity index (χ1n) is 7.86. The molecule has 3 aromatic rings. The molecule has 2 aromatic carbocycles. The van der Waals surface area contributed by atoms with Crippen LogP contribution in [-0.2, 0) is 5.41 Å². The second-order valence-corrected chi connectivity index (χ2v) is 6.33. The summed E-state index contributed by atoms with van der Waals surface area (Å²) >= 11 is 0. The summed E-state index contributed by atoms with van der Waals surface area (Å²) in [6.07, 6.45) is 0. The summed E-state index contributed by atoms with van der Waals surface area (Å²) < 4.78 is 16.0. The van der Waals surface area contributed by atoms with Gasteiger partial charge in [-0.3, -0.25) is 0 Å². The van der Waals surface area contributed by atoms with Crippen LogP contribution in [0, 0.1) is 0 Å². The summed E-state index contributed by atoms with van der Waals surface area (Å²) in [4.78, 5) is 0. The quantitative estimate of drug-likeness (QED) is 0.734. The lowest BCUT2D eigenvalue weighted by Crippen LogP contribution is -2.27. The van der Waals surface area contributed by atoms with Gasteiger partial charge < -0.3 is 19.3 Å². The highest BCUT2D eigenvalue weighted by Crippen LogP contribution is 2.33. The van der Waals surface area contributed by atoms with Crippen molar-refractivity contribution in [2.75, 3.05) is 26.1 Å². The van der Waals surface area contributed by atoms with E-state index >= 15 is 0 Å². The van der Waals surface area contributed by atoms with Crippen molar-refractivity contribution in [3.63, 3.8) is 0 Å². The van der Waals surface area contributed by atoms with Crippen molar-refractivity contribution >= 4 is 16.8 Å². The molecule has 3 rings (SSSR count). The standard InChI is InChI=1S/C19H22N2O3/c1-19(2,13-8-10-14(22-3)11-9-13)12-20-18-17-15(23-4)6-5-7-16(17)24-21-18/h5-11H,12H2,1-4H3,(H,20,21). The number of hydrogen-bond donors (Lipinski definition) is 1. The molecular weight excluding hydrogens is 304 g/mol. The molecule has 0 saturated carbocycles. The predicted octanol–water partition coefficient (Wildman–Crippen LogP) is 4.23. The molecule has 1 aromatic heterocycles. The van der Waals surface area contributed by atoms with Gasteiger partial charge in [-0.05, 0) is 29.8 Å². The van der Waals surface area contributed by atoms with Crippen molar-refractivity contribution in [2.24, 2.45) is 0 Å². The van der Waals surface area contributed by atoms with Crippen LogP contribution < -0.4 is 14.8 Å². The molecule has 0 unspecified atom stereocenters. The highest BCUT2D eigenvalue weighted by atomic mass is 16.5. The molecule has 5 nitrogen and oxygen atoms in total. The van der Waals surface area contributed by atoms with E-state index in [0.29, 0.717) is 17.9 Å². The number of benzene rings is 2. The van der Waals surface area contributed by atoms with Crippen molar-refractivity contribution in [3.8, 4) is 11.5 Å². The number of nitrogens with one attached hydrogen (secondary N) is 1. The van der Waals surface area contributed by atoms with E-state index < -0.39 is 0 Å². The van der Waals surface area contributed by atoms with Gasteiger partial charge in [-0.2, -0.15) is 0 Å². The van der Waals surface area contributed by atoms with E-state index in [1.54, 1.807) is 14.2 Å². The minimum atomic E-state index is -0.0838. The molecule has 1 N–H and O–H groups in total. The minimum Gasteiger partial charge on any atom is -0.497 e. The summed E-state index contributed by atoms with van der Waals surface area (Å²) in [7, 11) is 3.32. The van der Waals surface area contributed by atoms with E-state index in [-0.39, 0.29) is 5.41 Å². The fourth-order valence-electron chi connectivity index (χ4n) is 2.70. The zero-order valence-electron chi connectivity index (χ0n) is 14.4. The largest absolute Gasteiger partial charge is 0.497 e. The van der Waals surface area contributed by atoms with Crippen molar-refractivity contribution < 1.29 is 14.0 Å². The summed E-state index contributed by atoms with van der Waals surface area (Å²) in [5.41, 5.74) is 1.84. The Hall–Kier alpha value is -2.69. The molecule has 1 heterocycles.